The van der Waals surface area contributed by atoms with Gasteiger partial charge in [-0.25, -0.2) is 5.10 Å². The van der Waals surface area contributed by atoms with Crippen LogP contribution in [0.1, 0.15) is 5.56 Å². The molecule has 126 valence electrons. The van der Waals surface area contributed by atoms with E-state index in [0.717, 1.165) is 16.9 Å². The van der Waals surface area contributed by atoms with E-state index in [1.807, 2.05) is 54.6 Å². The predicted molar refractivity (Wildman–Crippen MR) is 104 cm³/mol. The minimum atomic E-state index is 0.386. The first-order chi connectivity index (χ1) is 12.2. The van der Waals surface area contributed by atoms with Crippen molar-refractivity contribution in [3.8, 4) is 17.1 Å². The molecule has 0 aliphatic rings. The predicted octanol–water partition coefficient (Wildman–Crippen LogP) is 4.82. The lowest BCUT2D eigenvalue weighted by molar-refractivity contribution is 0.414. The number of H-pyrrole nitrogens is 1. The Kier molecular flexibility index (Phi) is 5.42. The number of rotatable bonds is 5. The van der Waals surface area contributed by atoms with E-state index < -0.39 is 0 Å². The summed E-state index contributed by atoms with van der Waals surface area (Å²) in [5.41, 5.74) is 1.71. The topological polar surface area (TPSA) is 55.2 Å². The average molecular weight is 371 g/mol. The molecule has 0 fully saturated rings. The van der Waals surface area contributed by atoms with Crippen LogP contribution in [0.15, 0.2) is 59.7 Å². The first-order valence-electron chi connectivity index (χ1n) is 7.47. The van der Waals surface area contributed by atoms with Gasteiger partial charge in [0, 0.05) is 17.3 Å². The number of nitrogens with one attached hydrogen (secondary N) is 1. The van der Waals surface area contributed by atoms with Gasteiger partial charge in [-0.2, -0.15) is 14.9 Å². The van der Waals surface area contributed by atoms with Crippen LogP contribution < -0.4 is 4.74 Å². The molecule has 0 spiro atoms. The highest BCUT2D eigenvalue weighted by Crippen LogP contribution is 2.25. The van der Waals surface area contributed by atoms with Gasteiger partial charge in [0.2, 0.25) is 4.77 Å². The molecule has 0 saturated carbocycles. The van der Waals surface area contributed by atoms with E-state index in [0.29, 0.717) is 15.6 Å². The van der Waals surface area contributed by atoms with Gasteiger partial charge in [0.25, 0.3) is 0 Å². The Morgan fingerprint density at radius 2 is 1.96 bits per heavy atom. The van der Waals surface area contributed by atoms with Gasteiger partial charge < -0.3 is 4.74 Å². The molecule has 3 rings (SSSR count). The molecule has 3 aromatic rings. The highest BCUT2D eigenvalue weighted by Gasteiger charge is 2.10. The molecule has 7 heteroatoms. The van der Waals surface area contributed by atoms with Gasteiger partial charge in [-0.1, -0.05) is 41.9 Å². The van der Waals surface area contributed by atoms with Gasteiger partial charge in [0.05, 0.1) is 12.1 Å². The molecule has 0 atom stereocenters. The molecule has 0 amide bonds. The fourth-order valence-corrected chi connectivity index (χ4v) is 2.67. The fourth-order valence-electron chi connectivity index (χ4n) is 2.27. The SMILES string of the molecule is COc1ccccc1C=CC=Nn1c(-c2ccccc2Cl)n[nH]c1=S. The second-order valence-corrected chi connectivity index (χ2v) is 5.80. The number of aromatic nitrogens is 3. The molecule has 0 saturated heterocycles. The summed E-state index contributed by atoms with van der Waals surface area (Å²) in [6, 6.07) is 15.1. The number of para-hydroxylation sites is 1. The molecular formula is C18H15ClN4OS. The summed E-state index contributed by atoms with van der Waals surface area (Å²) in [6.45, 7) is 0. The van der Waals surface area contributed by atoms with E-state index in [9.17, 15) is 0 Å². The number of hydrogen-bond acceptors (Lipinski definition) is 4. The van der Waals surface area contributed by atoms with Crippen LogP contribution in [0.2, 0.25) is 5.02 Å². The minimum absolute atomic E-state index is 0.386. The van der Waals surface area contributed by atoms with Crippen LogP contribution in [-0.2, 0) is 0 Å². The third-order valence-electron chi connectivity index (χ3n) is 3.45. The Hall–Kier alpha value is -2.70. The Morgan fingerprint density at radius 1 is 1.20 bits per heavy atom. The van der Waals surface area contributed by atoms with E-state index in [1.54, 1.807) is 19.4 Å². The number of methoxy groups -OCH3 is 1. The maximum atomic E-state index is 6.23. The van der Waals surface area contributed by atoms with Crippen LogP contribution in [0, 0.1) is 4.77 Å². The number of nitrogens with zero attached hydrogens (tertiary/aromatic N) is 3. The molecule has 1 aromatic heterocycles. The van der Waals surface area contributed by atoms with Crippen LogP contribution in [0.5, 0.6) is 5.75 Å². The Labute approximate surface area is 155 Å². The summed E-state index contributed by atoms with van der Waals surface area (Å²) in [4.78, 5) is 0. The van der Waals surface area contributed by atoms with E-state index in [1.165, 1.54) is 4.68 Å². The lowest BCUT2D eigenvalue weighted by Crippen LogP contribution is -1.94. The second kappa shape index (κ2) is 7.92. The smallest absolute Gasteiger partial charge is 0.216 e. The van der Waals surface area contributed by atoms with Crippen molar-refractivity contribution in [1.82, 2.24) is 14.9 Å². The Bertz CT molecular complexity index is 990. The third kappa shape index (κ3) is 3.87. The summed E-state index contributed by atoms with van der Waals surface area (Å²) in [5.74, 6) is 1.35. The summed E-state index contributed by atoms with van der Waals surface area (Å²) in [6.07, 6.45) is 5.35. The molecule has 5 nitrogen and oxygen atoms in total. The van der Waals surface area contributed by atoms with Gasteiger partial charge >= 0.3 is 0 Å². The Morgan fingerprint density at radius 3 is 2.76 bits per heavy atom. The first-order valence-corrected chi connectivity index (χ1v) is 8.25. The minimum Gasteiger partial charge on any atom is -0.496 e. The van der Waals surface area contributed by atoms with E-state index in [2.05, 4.69) is 15.3 Å². The molecule has 0 bridgehead atoms. The van der Waals surface area contributed by atoms with Crippen LogP contribution in [0.3, 0.4) is 0 Å². The highest BCUT2D eigenvalue weighted by atomic mass is 35.5. The maximum absolute atomic E-state index is 6.23. The molecular weight excluding hydrogens is 356 g/mol. The largest absolute Gasteiger partial charge is 0.496 e. The summed E-state index contributed by atoms with van der Waals surface area (Å²) in [5, 5.41) is 11.9. The van der Waals surface area contributed by atoms with E-state index in [-0.39, 0.29) is 0 Å². The standard InChI is InChI=1S/C18H15ClN4OS/c1-24-16-11-5-2-7-13(16)8-6-12-20-23-17(21-22-18(23)25)14-9-3-4-10-15(14)19/h2-12H,1H3,(H,22,25). The summed E-state index contributed by atoms with van der Waals surface area (Å²) in [7, 11) is 1.64. The summed E-state index contributed by atoms with van der Waals surface area (Å²) < 4.78 is 7.23. The van der Waals surface area contributed by atoms with Crippen molar-refractivity contribution in [2.24, 2.45) is 5.10 Å². The monoisotopic (exact) mass is 370 g/mol. The molecule has 25 heavy (non-hydrogen) atoms. The molecule has 0 aliphatic carbocycles. The Balaban J connectivity index is 1.88. The zero-order chi connectivity index (χ0) is 17.6. The molecule has 1 heterocycles. The van der Waals surface area contributed by atoms with E-state index in [4.69, 9.17) is 28.6 Å². The van der Waals surface area contributed by atoms with Gasteiger partial charge in [-0.05, 0) is 42.6 Å². The van der Waals surface area contributed by atoms with Crippen LogP contribution in [-0.4, -0.2) is 28.2 Å². The van der Waals surface area contributed by atoms with Crippen LogP contribution in [0.4, 0.5) is 0 Å². The quantitative estimate of drug-likeness (QED) is 0.517. The van der Waals surface area contributed by atoms with Crippen molar-refractivity contribution in [1.29, 1.82) is 0 Å². The lowest BCUT2D eigenvalue weighted by atomic mass is 10.2. The number of ether oxygens (including phenoxy) is 1. The molecule has 0 radical (unpaired) electrons. The first kappa shape index (κ1) is 17.1. The maximum Gasteiger partial charge on any atom is 0.216 e. The molecule has 1 N–H and O–H groups in total. The normalized spacial score (nSPS) is 11.4. The second-order valence-electron chi connectivity index (χ2n) is 5.01. The zero-order valence-corrected chi connectivity index (χ0v) is 15.0. The van der Waals surface area contributed by atoms with Crippen molar-refractivity contribution in [3.05, 3.63) is 70.0 Å². The number of halogens is 1. The lowest BCUT2D eigenvalue weighted by Gasteiger charge is -2.03. The number of allylic oxidation sites excluding steroid dienone is 1. The van der Waals surface area contributed by atoms with Gasteiger partial charge in [-0.3, -0.25) is 0 Å². The fraction of sp³-hybridized carbons (Fsp3) is 0.0556. The number of benzene rings is 2. The van der Waals surface area contributed by atoms with Crippen molar-refractivity contribution in [3.63, 3.8) is 0 Å². The van der Waals surface area contributed by atoms with Crippen molar-refractivity contribution in [2.75, 3.05) is 7.11 Å². The molecule has 2 aromatic carbocycles. The molecule has 0 unspecified atom stereocenters. The van der Waals surface area contributed by atoms with Crippen LogP contribution in [0.25, 0.3) is 17.5 Å². The van der Waals surface area contributed by atoms with Gasteiger partial charge in [0.1, 0.15) is 5.75 Å². The van der Waals surface area contributed by atoms with Gasteiger partial charge in [0.15, 0.2) is 5.82 Å². The zero-order valence-electron chi connectivity index (χ0n) is 13.4. The number of hydrogen-bond donors (Lipinski definition) is 1. The van der Waals surface area contributed by atoms with E-state index >= 15 is 0 Å². The summed E-state index contributed by atoms with van der Waals surface area (Å²) >= 11 is 11.5. The van der Waals surface area contributed by atoms with Gasteiger partial charge in [-0.15, -0.1) is 0 Å². The highest BCUT2D eigenvalue weighted by molar-refractivity contribution is 7.71. The van der Waals surface area contributed by atoms with Crippen molar-refractivity contribution < 1.29 is 4.74 Å². The molecule has 0 aliphatic heterocycles. The third-order valence-corrected chi connectivity index (χ3v) is 4.04. The van der Waals surface area contributed by atoms with Crippen molar-refractivity contribution >= 4 is 36.1 Å². The average Bonchev–Trinajstić information content (AvgIpc) is 3.00. The van der Waals surface area contributed by atoms with Crippen molar-refractivity contribution in [2.45, 2.75) is 0 Å². The van der Waals surface area contributed by atoms with Crippen LogP contribution >= 0.6 is 23.8 Å². The number of aromatic amines is 1.